The molecule has 1 unspecified atom stereocenters. The lowest BCUT2D eigenvalue weighted by atomic mass is 9.90. The second-order valence-electron chi connectivity index (χ2n) is 5.33. The first kappa shape index (κ1) is 16.5. The van der Waals surface area contributed by atoms with Gasteiger partial charge in [-0.05, 0) is 43.9 Å². The van der Waals surface area contributed by atoms with Crippen molar-refractivity contribution in [3.05, 3.63) is 29.8 Å². The fourth-order valence-corrected chi connectivity index (χ4v) is 2.29. The molecule has 0 bridgehead atoms. The summed E-state index contributed by atoms with van der Waals surface area (Å²) in [6.07, 6.45) is 2.78. The molecule has 1 aromatic rings. The molecule has 0 spiro atoms. The van der Waals surface area contributed by atoms with Crippen molar-refractivity contribution in [1.82, 2.24) is 5.32 Å². The van der Waals surface area contributed by atoms with E-state index in [0.29, 0.717) is 0 Å². The SMILES string of the molecule is CCC(CC)(CC)NC(=O)Nc1ccc(C(C)N)cc1. The summed E-state index contributed by atoms with van der Waals surface area (Å²) in [5.41, 5.74) is 7.53. The average molecular weight is 277 g/mol. The van der Waals surface area contributed by atoms with Gasteiger partial charge in [-0.2, -0.15) is 0 Å². The monoisotopic (exact) mass is 277 g/mol. The number of hydrogen-bond acceptors (Lipinski definition) is 2. The summed E-state index contributed by atoms with van der Waals surface area (Å²) < 4.78 is 0. The van der Waals surface area contributed by atoms with Crippen LogP contribution < -0.4 is 16.4 Å². The minimum absolute atomic E-state index is 0.00537. The van der Waals surface area contributed by atoms with E-state index in [9.17, 15) is 4.79 Å². The van der Waals surface area contributed by atoms with Gasteiger partial charge in [0.15, 0.2) is 0 Å². The Balaban J connectivity index is 2.66. The first-order valence-corrected chi connectivity index (χ1v) is 7.41. The topological polar surface area (TPSA) is 67.2 Å². The summed E-state index contributed by atoms with van der Waals surface area (Å²) in [6, 6.07) is 7.49. The summed E-state index contributed by atoms with van der Waals surface area (Å²) in [6.45, 7) is 8.24. The van der Waals surface area contributed by atoms with Crippen LogP contribution in [0.1, 0.15) is 58.6 Å². The molecule has 4 nitrogen and oxygen atoms in total. The molecule has 1 aromatic carbocycles. The zero-order chi connectivity index (χ0) is 15.2. The Morgan fingerprint density at radius 2 is 1.65 bits per heavy atom. The van der Waals surface area contributed by atoms with E-state index in [1.54, 1.807) is 0 Å². The molecule has 0 saturated heterocycles. The van der Waals surface area contributed by atoms with Gasteiger partial charge in [-0.1, -0.05) is 32.9 Å². The first-order valence-electron chi connectivity index (χ1n) is 7.41. The van der Waals surface area contributed by atoms with Gasteiger partial charge in [0, 0.05) is 17.3 Å². The van der Waals surface area contributed by atoms with Gasteiger partial charge in [-0.3, -0.25) is 0 Å². The lowest BCUT2D eigenvalue weighted by Crippen LogP contribution is -2.48. The number of urea groups is 1. The van der Waals surface area contributed by atoms with Gasteiger partial charge in [-0.15, -0.1) is 0 Å². The van der Waals surface area contributed by atoms with Crippen molar-refractivity contribution in [1.29, 1.82) is 0 Å². The fraction of sp³-hybridized carbons (Fsp3) is 0.562. The highest BCUT2D eigenvalue weighted by Crippen LogP contribution is 2.20. The third-order valence-electron chi connectivity index (χ3n) is 4.10. The van der Waals surface area contributed by atoms with E-state index in [2.05, 4.69) is 31.4 Å². The molecule has 112 valence electrons. The highest BCUT2D eigenvalue weighted by molar-refractivity contribution is 5.89. The molecule has 4 heteroatoms. The maximum atomic E-state index is 12.1. The molecule has 0 saturated carbocycles. The maximum absolute atomic E-state index is 12.1. The van der Waals surface area contributed by atoms with Crippen molar-refractivity contribution in [2.75, 3.05) is 5.32 Å². The summed E-state index contributed by atoms with van der Waals surface area (Å²) >= 11 is 0. The van der Waals surface area contributed by atoms with E-state index >= 15 is 0 Å². The zero-order valence-electron chi connectivity index (χ0n) is 13.0. The number of amides is 2. The molecule has 0 aromatic heterocycles. The van der Waals surface area contributed by atoms with E-state index in [4.69, 9.17) is 5.73 Å². The third-order valence-corrected chi connectivity index (χ3v) is 4.10. The average Bonchev–Trinajstić information content (AvgIpc) is 2.45. The molecule has 1 rings (SSSR count). The van der Waals surface area contributed by atoms with Gasteiger partial charge in [0.25, 0.3) is 0 Å². The van der Waals surface area contributed by atoms with Crippen molar-refractivity contribution in [3.63, 3.8) is 0 Å². The Kier molecular flexibility index (Phi) is 6.02. The first-order chi connectivity index (χ1) is 9.46. The number of carbonyl (C=O) groups is 1. The van der Waals surface area contributed by atoms with Crippen molar-refractivity contribution in [3.8, 4) is 0 Å². The van der Waals surface area contributed by atoms with Crippen LogP contribution in [0.5, 0.6) is 0 Å². The van der Waals surface area contributed by atoms with Gasteiger partial charge in [0.1, 0.15) is 0 Å². The summed E-state index contributed by atoms with van der Waals surface area (Å²) in [7, 11) is 0. The van der Waals surface area contributed by atoms with E-state index in [1.165, 1.54) is 0 Å². The minimum Gasteiger partial charge on any atom is -0.332 e. The van der Waals surface area contributed by atoms with Crippen molar-refractivity contribution in [2.45, 2.75) is 58.5 Å². The molecule has 20 heavy (non-hydrogen) atoms. The van der Waals surface area contributed by atoms with E-state index in [0.717, 1.165) is 30.5 Å². The summed E-state index contributed by atoms with van der Waals surface area (Å²) in [4.78, 5) is 12.1. The molecule has 1 atom stereocenters. The van der Waals surface area contributed by atoms with Gasteiger partial charge >= 0.3 is 6.03 Å². The molecule has 2 amide bonds. The van der Waals surface area contributed by atoms with Crippen LogP contribution in [0.4, 0.5) is 10.5 Å². The molecule has 0 aliphatic heterocycles. The number of benzene rings is 1. The number of nitrogens with two attached hydrogens (primary N) is 1. The number of rotatable bonds is 6. The van der Waals surface area contributed by atoms with E-state index in [-0.39, 0.29) is 17.6 Å². The Labute approximate surface area is 122 Å². The largest absolute Gasteiger partial charge is 0.332 e. The molecule has 0 aliphatic carbocycles. The number of hydrogen-bond donors (Lipinski definition) is 3. The maximum Gasteiger partial charge on any atom is 0.319 e. The number of anilines is 1. The van der Waals surface area contributed by atoms with Gasteiger partial charge in [-0.25, -0.2) is 4.79 Å². The van der Waals surface area contributed by atoms with Crippen LogP contribution in [-0.4, -0.2) is 11.6 Å². The summed E-state index contributed by atoms with van der Waals surface area (Å²) in [5.74, 6) is 0. The molecule has 0 radical (unpaired) electrons. The lowest BCUT2D eigenvalue weighted by molar-refractivity contribution is 0.229. The van der Waals surface area contributed by atoms with Crippen LogP contribution in [0.15, 0.2) is 24.3 Å². The van der Waals surface area contributed by atoms with Crippen molar-refractivity contribution in [2.24, 2.45) is 5.73 Å². The number of carbonyl (C=O) groups excluding carboxylic acids is 1. The molecule has 0 fully saturated rings. The highest BCUT2D eigenvalue weighted by Gasteiger charge is 2.25. The van der Waals surface area contributed by atoms with Gasteiger partial charge in [0.2, 0.25) is 0 Å². The predicted octanol–water partition coefficient (Wildman–Crippen LogP) is 3.80. The quantitative estimate of drug-likeness (QED) is 0.740. The molecular weight excluding hydrogens is 250 g/mol. The van der Waals surface area contributed by atoms with Crippen LogP contribution in [0, 0.1) is 0 Å². The Morgan fingerprint density at radius 1 is 1.15 bits per heavy atom. The normalized spacial score (nSPS) is 12.8. The fourth-order valence-electron chi connectivity index (χ4n) is 2.29. The second-order valence-corrected chi connectivity index (χ2v) is 5.33. The summed E-state index contributed by atoms with van der Waals surface area (Å²) in [5, 5.41) is 5.97. The van der Waals surface area contributed by atoms with Crippen LogP contribution in [-0.2, 0) is 0 Å². The third kappa shape index (κ3) is 4.23. The Bertz CT molecular complexity index is 414. The highest BCUT2D eigenvalue weighted by atomic mass is 16.2. The zero-order valence-corrected chi connectivity index (χ0v) is 13.0. The van der Waals surface area contributed by atoms with Crippen LogP contribution in [0.3, 0.4) is 0 Å². The van der Waals surface area contributed by atoms with Crippen molar-refractivity contribution >= 4 is 11.7 Å². The smallest absolute Gasteiger partial charge is 0.319 e. The van der Waals surface area contributed by atoms with E-state index in [1.807, 2.05) is 31.2 Å². The van der Waals surface area contributed by atoms with Crippen LogP contribution >= 0.6 is 0 Å². The molecule has 0 aliphatic rings. The number of nitrogens with one attached hydrogen (secondary N) is 2. The lowest BCUT2D eigenvalue weighted by Gasteiger charge is -2.31. The standard InChI is InChI=1S/C16H27N3O/c1-5-16(6-2,7-3)19-15(20)18-14-10-8-13(9-11-14)12(4)17/h8-12H,5-7,17H2,1-4H3,(H2,18,19,20). The molecule has 0 heterocycles. The van der Waals surface area contributed by atoms with Gasteiger partial charge in [0.05, 0.1) is 0 Å². The van der Waals surface area contributed by atoms with Crippen LogP contribution in [0.2, 0.25) is 0 Å². The molecule has 4 N–H and O–H groups in total. The Hall–Kier alpha value is -1.55. The van der Waals surface area contributed by atoms with Crippen molar-refractivity contribution < 1.29 is 4.79 Å². The van der Waals surface area contributed by atoms with Crippen LogP contribution in [0.25, 0.3) is 0 Å². The Morgan fingerprint density at radius 3 is 2.05 bits per heavy atom. The minimum atomic E-state index is -0.149. The van der Waals surface area contributed by atoms with E-state index < -0.39 is 0 Å². The predicted molar refractivity (Wildman–Crippen MR) is 84.8 cm³/mol. The van der Waals surface area contributed by atoms with Gasteiger partial charge < -0.3 is 16.4 Å². The molecular formula is C16H27N3O. The second kappa shape index (κ2) is 7.29.